The molecule has 1 aromatic heterocycles. The van der Waals surface area contributed by atoms with Crippen LogP contribution in [0.5, 0.6) is 0 Å². The summed E-state index contributed by atoms with van der Waals surface area (Å²) in [6, 6.07) is 15.5. The number of carbonyl (C=O) groups is 1. The van der Waals surface area contributed by atoms with Crippen LogP contribution in [0.4, 0.5) is 11.4 Å². The van der Waals surface area contributed by atoms with Gasteiger partial charge in [0.2, 0.25) is 0 Å². The predicted octanol–water partition coefficient (Wildman–Crippen LogP) is 2.72. The number of anilines is 1. The first kappa shape index (κ1) is 21.1. The highest BCUT2D eigenvalue weighted by Crippen LogP contribution is 2.31. The van der Waals surface area contributed by atoms with E-state index in [2.05, 4.69) is 10.2 Å². The van der Waals surface area contributed by atoms with Crippen molar-refractivity contribution in [2.45, 2.75) is 5.92 Å². The smallest absolute Gasteiger partial charge is 0.270 e. The summed E-state index contributed by atoms with van der Waals surface area (Å²) in [4.78, 5) is 26.3. The maximum absolute atomic E-state index is 13.5. The molecule has 1 fully saturated rings. The molecule has 3 aromatic rings. The van der Waals surface area contributed by atoms with Crippen molar-refractivity contribution in [2.75, 3.05) is 31.2 Å². The van der Waals surface area contributed by atoms with E-state index in [0.717, 1.165) is 5.56 Å². The molecule has 0 bridgehead atoms. The number of benzene rings is 2. The Balaban J connectivity index is 1.76. The highest BCUT2D eigenvalue weighted by Gasteiger charge is 2.32. The van der Waals surface area contributed by atoms with E-state index in [9.17, 15) is 20.2 Å². The van der Waals surface area contributed by atoms with Crippen LogP contribution in [0.1, 0.15) is 22.1 Å². The molecule has 1 unspecified atom stereocenters. The lowest BCUT2D eigenvalue weighted by molar-refractivity contribution is -0.384. The zero-order valence-corrected chi connectivity index (χ0v) is 17.3. The molecule has 0 aliphatic carbocycles. The Hall–Kier alpha value is -4.10. The number of nitriles is 1. The zero-order valence-electron chi connectivity index (χ0n) is 17.3. The molecule has 4 rings (SSSR count). The van der Waals surface area contributed by atoms with Gasteiger partial charge in [0.15, 0.2) is 23.3 Å². The summed E-state index contributed by atoms with van der Waals surface area (Å²) in [6.45, 7) is 2.04. The zero-order chi connectivity index (χ0) is 22.7. The third-order valence-electron chi connectivity index (χ3n) is 5.40. The minimum Gasteiger partial charge on any atom is -0.378 e. The van der Waals surface area contributed by atoms with Gasteiger partial charge in [-0.2, -0.15) is 5.26 Å². The Morgan fingerprint density at radius 2 is 1.91 bits per heavy atom. The second-order valence-corrected chi connectivity index (χ2v) is 7.29. The Kier molecular flexibility index (Phi) is 5.91. The SMILES string of the molecule is Cn1c(-c2ccccc2)nnc1C(C#N)C(=O)c1cc([N+](=O)[O-])ccc1N1CCOCC1. The van der Waals surface area contributed by atoms with Crippen molar-refractivity contribution in [3.63, 3.8) is 0 Å². The number of Topliss-reactive ketones (excluding diaryl/α,β-unsaturated/α-hetero) is 1. The topological polar surface area (TPSA) is 127 Å². The van der Waals surface area contributed by atoms with Crippen molar-refractivity contribution in [1.29, 1.82) is 5.26 Å². The van der Waals surface area contributed by atoms with Crippen molar-refractivity contribution >= 4 is 17.2 Å². The van der Waals surface area contributed by atoms with Gasteiger partial charge >= 0.3 is 0 Å². The number of hydrogen-bond acceptors (Lipinski definition) is 8. The average molecular weight is 432 g/mol. The first-order valence-corrected chi connectivity index (χ1v) is 10.0. The first-order chi connectivity index (χ1) is 15.5. The van der Waals surface area contributed by atoms with Crippen LogP contribution in [0.3, 0.4) is 0 Å². The number of nitro benzene ring substituents is 1. The van der Waals surface area contributed by atoms with Gasteiger partial charge in [0.05, 0.1) is 24.2 Å². The van der Waals surface area contributed by atoms with E-state index in [0.29, 0.717) is 37.8 Å². The standard InChI is InChI=1S/C22H20N6O4/c1-26-21(15-5-3-2-4-6-15)24-25-22(26)18(14-23)20(29)17-13-16(28(30)31)7-8-19(17)27-9-11-32-12-10-27/h2-8,13,18H,9-12H2,1H3. The molecule has 10 heteroatoms. The number of hydrogen-bond donors (Lipinski definition) is 0. The molecular weight excluding hydrogens is 412 g/mol. The Morgan fingerprint density at radius 1 is 1.19 bits per heavy atom. The molecule has 1 aliphatic heterocycles. The summed E-state index contributed by atoms with van der Waals surface area (Å²) in [5.74, 6) is -1.14. The van der Waals surface area contributed by atoms with Gasteiger partial charge in [-0.3, -0.25) is 14.9 Å². The number of non-ortho nitro benzene ring substituents is 1. The lowest BCUT2D eigenvalue weighted by atomic mass is 9.95. The van der Waals surface area contributed by atoms with Gasteiger partial charge in [0.1, 0.15) is 0 Å². The Labute approximate surface area is 183 Å². The van der Waals surface area contributed by atoms with E-state index in [-0.39, 0.29) is 17.1 Å². The molecule has 2 heterocycles. The van der Waals surface area contributed by atoms with Gasteiger partial charge in [-0.25, -0.2) is 0 Å². The van der Waals surface area contributed by atoms with Crippen molar-refractivity contribution < 1.29 is 14.5 Å². The summed E-state index contributed by atoms with van der Waals surface area (Å²) in [7, 11) is 1.69. The summed E-state index contributed by atoms with van der Waals surface area (Å²) < 4.78 is 6.98. The summed E-state index contributed by atoms with van der Waals surface area (Å²) in [5.41, 5.74) is 1.22. The van der Waals surface area contributed by atoms with Crippen LogP contribution in [0.15, 0.2) is 48.5 Å². The maximum atomic E-state index is 13.5. The lowest BCUT2D eigenvalue weighted by Crippen LogP contribution is -2.37. The molecule has 0 N–H and O–H groups in total. The second-order valence-electron chi connectivity index (χ2n) is 7.29. The predicted molar refractivity (Wildman–Crippen MR) is 115 cm³/mol. The fourth-order valence-corrected chi connectivity index (χ4v) is 3.74. The molecular formula is C22H20N6O4. The molecule has 162 valence electrons. The van der Waals surface area contributed by atoms with Gasteiger partial charge in [-0.15, -0.1) is 10.2 Å². The van der Waals surface area contributed by atoms with E-state index >= 15 is 0 Å². The van der Waals surface area contributed by atoms with Crippen LogP contribution in [-0.4, -0.2) is 51.8 Å². The largest absolute Gasteiger partial charge is 0.378 e. The molecule has 0 spiro atoms. The molecule has 2 aromatic carbocycles. The number of aromatic nitrogens is 3. The number of morpholine rings is 1. The fourth-order valence-electron chi connectivity index (χ4n) is 3.74. The van der Waals surface area contributed by atoms with E-state index < -0.39 is 16.6 Å². The number of ketones is 1. The molecule has 1 aliphatic rings. The quantitative estimate of drug-likeness (QED) is 0.330. The number of ether oxygens (including phenoxy) is 1. The van der Waals surface area contributed by atoms with Crippen LogP contribution in [0.2, 0.25) is 0 Å². The molecule has 0 amide bonds. The minimum absolute atomic E-state index is 0.108. The number of rotatable bonds is 6. The molecule has 0 radical (unpaired) electrons. The van der Waals surface area contributed by atoms with Crippen molar-refractivity contribution in [2.24, 2.45) is 7.05 Å². The van der Waals surface area contributed by atoms with Crippen LogP contribution >= 0.6 is 0 Å². The number of nitrogens with zero attached hydrogens (tertiary/aromatic N) is 6. The van der Waals surface area contributed by atoms with Gasteiger partial charge in [0.25, 0.3) is 5.69 Å². The van der Waals surface area contributed by atoms with Crippen LogP contribution in [0.25, 0.3) is 11.4 Å². The van der Waals surface area contributed by atoms with E-state index in [1.165, 1.54) is 12.1 Å². The highest BCUT2D eigenvalue weighted by atomic mass is 16.6. The third kappa shape index (κ3) is 3.93. The number of carbonyl (C=O) groups excluding carboxylic acids is 1. The minimum atomic E-state index is -1.27. The van der Waals surface area contributed by atoms with Gasteiger partial charge < -0.3 is 14.2 Å². The van der Waals surface area contributed by atoms with Crippen molar-refractivity contribution in [3.05, 3.63) is 70.0 Å². The molecule has 1 atom stereocenters. The maximum Gasteiger partial charge on any atom is 0.270 e. The van der Waals surface area contributed by atoms with Gasteiger partial charge in [-0.1, -0.05) is 30.3 Å². The molecule has 1 saturated heterocycles. The Bertz CT molecular complexity index is 1190. The molecule has 32 heavy (non-hydrogen) atoms. The van der Waals surface area contributed by atoms with Gasteiger partial charge in [-0.05, 0) is 6.07 Å². The molecule has 10 nitrogen and oxygen atoms in total. The first-order valence-electron chi connectivity index (χ1n) is 10.0. The summed E-state index contributed by atoms with van der Waals surface area (Å²) in [6.07, 6.45) is 0. The lowest BCUT2D eigenvalue weighted by Gasteiger charge is -2.30. The molecule has 0 saturated carbocycles. The van der Waals surface area contributed by atoms with Crippen LogP contribution in [-0.2, 0) is 11.8 Å². The highest BCUT2D eigenvalue weighted by molar-refractivity contribution is 6.07. The van der Waals surface area contributed by atoms with Crippen LogP contribution in [0, 0.1) is 21.4 Å². The summed E-state index contributed by atoms with van der Waals surface area (Å²) in [5, 5.41) is 29.5. The third-order valence-corrected chi connectivity index (χ3v) is 5.40. The van der Waals surface area contributed by atoms with Crippen molar-refractivity contribution in [3.8, 4) is 17.5 Å². The summed E-state index contributed by atoms with van der Waals surface area (Å²) >= 11 is 0. The Morgan fingerprint density at radius 3 is 2.56 bits per heavy atom. The van der Waals surface area contributed by atoms with Gasteiger partial charge in [0, 0.05) is 49.1 Å². The van der Waals surface area contributed by atoms with E-state index in [1.54, 1.807) is 17.7 Å². The normalized spacial score (nSPS) is 14.6. The van der Waals surface area contributed by atoms with E-state index in [1.807, 2.05) is 41.3 Å². The van der Waals surface area contributed by atoms with Crippen LogP contribution < -0.4 is 4.90 Å². The average Bonchev–Trinajstić information content (AvgIpc) is 3.21. The number of nitro groups is 1. The monoisotopic (exact) mass is 432 g/mol. The second kappa shape index (κ2) is 8.95. The van der Waals surface area contributed by atoms with Crippen molar-refractivity contribution in [1.82, 2.24) is 14.8 Å². The fraction of sp³-hybridized carbons (Fsp3) is 0.273. The van der Waals surface area contributed by atoms with E-state index in [4.69, 9.17) is 4.74 Å².